The van der Waals surface area contributed by atoms with Crippen molar-refractivity contribution in [1.29, 1.82) is 0 Å². The molecule has 0 fully saturated rings. The Morgan fingerprint density at radius 3 is 2.75 bits per heavy atom. The fourth-order valence-corrected chi connectivity index (χ4v) is 0.556. The summed E-state index contributed by atoms with van der Waals surface area (Å²) in [6.45, 7) is 3.62. The molecule has 1 rings (SSSR count). The lowest BCUT2D eigenvalue weighted by Crippen LogP contribution is -1.85. The Morgan fingerprint density at radius 1 is 1.62 bits per heavy atom. The van der Waals surface area contributed by atoms with Gasteiger partial charge in [-0.15, -0.1) is 0 Å². The van der Waals surface area contributed by atoms with E-state index in [1.165, 1.54) is 0 Å². The maximum Gasteiger partial charge on any atom is 0.229 e. The second-order valence-corrected chi connectivity index (χ2v) is 1.67. The van der Waals surface area contributed by atoms with Crippen LogP contribution in [0.3, 0.4) is 0 Å². The predicted octanol–water partition coefficient (Wildman–Crippen LogP) is 1.76. The number of rotatable bonds is 0. The van der Waals surface area contributed by atoms with Crippen LogP contribution in [0.1, 0.15) is 0 Å². The molecule has 0 saturated heterocycles. The Bertz CT molecular complexity index is 163. The first-order chi connectivity index (χ1) is 3.79. The summed E-state index contributed by atoms with van der Waals surface area (Å²) < 4.78 is 0. The minimum absolute atomic E-state index is 0.275. The van der Waals surface area contributed by atoms with E-state index in [4.69, 9.17) is 5.11 Å². The first kappa shape index (κ1) is 5.04. The average Bonchev–Trinajstić information content (AvgIpc) is 1.64. The molecule has 0 bridgehead atoms. The molecule has 0 aromatic heterocycles. The maximum atomic E-state index is 8.77. The molecular formula is C7H7O+. The van der Waals surface area contributed by atoms with E-state index in [1.54, 1.807) is 18.6 Å². The van der Waals surface area contributed by atoms with Crippen molar-refractivity contribution in [3.63, 3.8) is 0 Å². The summed E-state index contributed by atoms with van der Waals surface area (Å²) in [5, 5.41) is 8.77. The molecule has 0 radical (unpaired) electrons. The summed E-state index contributed by atoms with van der Waals surface area (Å²) in [5.74, 6) is 0.275. The van der Waals surface area contributed by atoms with E-state index in [2.05, 4.69) is 6.58 Å². The zero-order valence-corrected chi connectivity index (χ0v) is 4.46. The molecule has 0 aromatic rings. The van der Waals surface area contributed by atoms with E-state index >= 15 is 0 Å². The second-order valence-electron chi connectivity index (χ2n) is 1.67. The van der Waals surface area contributed by atoms with E-state index in [0.29, 0.717) is 0 Å². The third-order valence-corrected chi connectivity index (χ3v) is 0.911. The highest BCUT2D eigenvalue weighted by atomic mass is 16.3. The second kappa shape index (κ2) is 1.78. The topological polar surface area (TPSA) is 20.2 Å². The van der Waals surface area contributed by atoms with Crippen LogP contribution in [0.25, 0.3) is 0 Å². The predicted molar refractivity (Wildman–Crippen MR) is 33.3 cm³/mol. The third-order valence-electron chi connectivity index (χ3n) is 0.911. The fourth-order valence-electron chi connectivity index (χ4n) is 0.556. The van der Waals surface area contributed by atoms with Gasteiger partial charge in [-0.1, -0.05) is 6.58 Å². The molecule has 0 heterocycles. The van der Waals surface area contributed by atoms with E-state index in [1.807, 2.05) is 6.08 Å². The summed E-state index contributed by atoms with van der Waals surface area (Å²) in [6.07, 6.45) is 6.83. The van der Waals surface area contributed by atoms with Crippen LogP contribution in [0, 0.1) is 6.42 Å². The molecule has 0 saturated carbocycles. The van der Waals surface area contributed by atoms with Crippen LogP contribution in [0.15, 0.2) is 36.1 Å². The Kier molecular flexibility index (Phi) is 1.12. The molecule has 1 N–H and O–H groups in total. The molecule has 0 unspecified atom stereocenters. The van der Waals surface area contributed by atoms with Gasteiger partial charge in [-0.2, -0.15) is 0 Å². The van der Waals surface area contributed by atoms with Gasteiger partial charge in [0.2, 0.25) is 5.76 Å². The van der Waals surface area contributed by atoms with Crippen molar-refractivity contribution in [3.05, 3.63) is 42.6 Å². The molecule has 1 heteroatoms. The standard InChI is InChI=1S/C7H6O/c1-6-3-2-4-7(8)5-6/h2-5H,1H2/p+1. The molecule has 40 valence electrons. The largest absolute Gasteiger partial charge is 0.487 e. The maximum absolute atomic E-state index is 8.77. The van der Waals surface area contributed by atoms with E-state index in [9.17, 15) is 0 Å². The lowest BCUT2D eigenvalue weighted by Gasteiger charge is -1.90. The number of allylic oxidation sites excluding steroid dienone is 4. The van der Waals surface area contributed by atoms with Crippen LogP contribution in [-0.2, 0) is 0 Å². The smallest absolute Gasteiger partial charge is 0.229 e. The number of aliphatic hydroxyl groups is 1. The highest BCUT2D eigenvalue weighted by molar-refractivity contribution is 5.38. The normalized spacial score (nSPS) is 17.5. The van der Waals surface area contributed by atoms with Gasteiger partial charge in [0.1, 0.15) is 0 Å². The van der Waals surface area contributed by atoms with Gasteiger partial charge in [0.05, 0.1) is 24.1 Å². The summed E-state index contributed by atoms with van der Waals surface area (Å²) in [7, 11) is 0. The van der Waals surface area contributed by atoms with Crippen molar-refractivity contribution >= 4 is 0 Å². The number of hydrogen-bond acceptors (Lipinski definition) is 1. The summed E-state index contributed by atoms with van der Waals surface area (Å²) in [4.78, 5) is 0. The molecule has 1 aliphatic carbocycles. The molecule has 1 aliphatic rings. The number of hydrogen-bond donors (Lipinski definition) is 1. The Balaban J connectivity index is 2.74. The van der Waals surface area contributed by atoms with Crippen molar-refractivity contribution in [2.45, 2.75) is 0 Å². The highest BCUT2D eigenvalue weighted by Gasteiger charge is 2.04. The van der Waals surface area contributed by atoms with Crippen molar-refractivity contribution < 1.29 is 5.11 Å². The van der Waals surface area contributed by atoms with E-state index in [0.717, 1.165) is 5.57 Å². The minimum atomic E-state index is 0.275. The lowest BCUT2D eigenvalue weighted by atomic mass is 10.1. The highest BCUT2D eigenvalue weighted by Crippen LogP contribution is 2.09. The minimum Gasteiger partial charge on any atom is -0.487 e. The molecule has 0 amide bonds. The van der Waals surface area contributed by atoms with Crippen LogP contribution < -0.4 is 0 Å². The summed E-state index contributed by atoms with van der Waals surface area (Å²) in [5.41, 5.74) is 0.838. The molecular weight excluding hydrogens is 100 g/mol. The van der Waals surface area contributed by atoms with Gasteiger partial charge in [0, 0.05) is 6.08 Å². The molecule has 8 heavy (non-hydrogen) atoms. The fraction of sp³-hybridized carbons (Fsp3) is 0. The van der Waals surface area contributed by atoms with Gasteiger partial charge in [-0.05, 0) is 0 Å². The first-order valence-corrected chi connectivity index (χ1v) is 2.40. The average molecular weight is 107 g/mol. The van der Waals surface area contributed by atoms with Gasteiger partial charge in [-0.25, -0.2) is 0 Å². The van der Waals surface area contributed by atoms with Crippen molar-refractivity contribution in [1.82, 2.24) is 0 Å². The molecule has 0 aromatic carbocycles. The van der Waals surface area contributed by atoms with E-state index in [-0.39, 0.29) is 5.76 Å². The van der Waals surface area contributed by atoms with Crippen LogP contribution in [0.2, 0.25) is 0 Å². The van der Waals surface area contributed by atoms with Gasteiger partial charge >= 0.3 is 0 Å². The van der Waals surface area contributed by atoms with Crippen LogP contribution in [-0.4, -0.2) is 5.11 Å². The van der Waals surface area contributed by atoms with E-state index < -0.39 is 0 Å². The Labute approximate surface area is 48.6 Å². The van der Waals surface area contributed by atoms with Gasteiger partial charge in [0.15, 0.2) is 0 Å². The molecule has 0 spiro atoms. The zero-order chi connectivity index (χ0) is 5.98. The van der Waals surface area contributed by atoms with Gasteiger partial charge in [-0.3, -0.25) is 0 Å². The van der Waals surface area contributed by atoms with Crippen molar-refractivity contribution in [2.24, 2.45) is 0 Å². The zero-order valence-electron chi connectivity index (χ0n) is 4.46. The monoisotopic (exact) mass is 107 g/mol. The van der Waals surface area contributed by atoms with Gasteiger partial charge in [0.25, 0.3) is 0 Å². The molecule has 0 aliphatic heterocycles. The number of aliphatic hydroxyl groups excluding tert-OH is 1. The molecule has 0 atom stereocenters. The van der Waals surface area contributed by atoms with Crippen LogP contribution >= 0.6 is 0 Å². The van der Waals surface area contributed by atoms with Crippen molar-refractivity contribution in [2.75, 3.05) is 0 Å². The summed E-state index contributed by atoms with van der Waals surface area (Å²) in [6, 6.07) is 0. The first-order valence-electron chi connectivity index (χ1n) is 2.40. The van der Waals surface area contributed by atoms with Crippen LogP contribution in [0.4, 0.5) is 0 Å². The Morgan fingerprint density at radius 2 is 2.38 bits per heavy atom. The third kappa shape index (κ3) is 0.936. The lowest BCUT2D eigenvalue weighted by molar-refractivity contribution is 0.423. The Hall–Kier alpha value is -1.11. The summed E-state index contributed by atoms with van der Waals surface area (Å²) >= 11 is 0. The molecule has 1 nitrogen and oxygen atoms in total. The van der Waals surface area contributed by atoms with Crippen LogP contribution in [0.5, 0.6) is 0 Å². The van der Waals surface area contributed by atoms with Crippen molar-refractivity contribution in [3.8, 4) is 0 Å². The quantitative estimate of drug-likeness (QED) is 0.467. The SMILES string of the molecule is C=C1C=C[CH+]C(O)=C1. The van der Waals surface area contributed by atoms with Gasteiger partial charge < -0.3 is 5.11 Å².